The zero-order valence-corrected chi connectivity index (χ0v) is 11.8. The van der Waals surface area contributed by atoms with Crippen LogP contribution in [0, 0.1) is 6.92 Å². The largest absolute Gasteiger partial charge is 0.368 e. The summed E-state index contributed by atoms with van der Waals surface area (Å²) in [5, 5.41) is 7.41. The molecule has 0 aliphatic carbocycles. The molecule has 0 N–H and O–H groups in total. The van der Waals surface area contributed by atoms with Crippen molar-refractivity contribution in [2.24, 2.45) is 0 Å². The second kappa shape index (κ2) is 5.81. The number of morpholine rings is 1. The molecule has 0 unspecified atom stereocenters. The Labute approximate surface area is 116 Å². The third-order valence-corrected chi connectivity index (χ3v) is 4.32. The Hall–Kier alpha value is -1.24. The van der Waals surface area contributed by atoms with Gasteiger partial charge in [0.1, 0.15) is 11.1 Å². The van der Waals surface area contributed by atoms with Crippen LogP contribution in [-0.4, -0.2) is 45.9 Å². The fourth-order valence-electron chi connectivity index (χ4n) is 2.25. The van der Waals surface area contributed by atoms with Gasteiger partial charge in [0.2, 0.25) is 0 Å². The molecule has 3 rings (SSSR count). The van der Waals surface area contributed by atoms with E-state index in [9.17, 15) is 0 Å². The monoisotopic (exact) mass is 278 g/mol. The number of nitrogens with zero attached hydrogens (tertiary/aromatic N) is 4. The maximum absolute atomic E-state index is 5.83. The SMILES string of the molecule is Cc1csc([C@H]2CN(CCn3cccn3)CCO2)n1. The van der Waals surface area contributed by atoms with Gasteiger partial charge in [0.05, 0.1) is 13.2 Å². The van der Waals surface area contributed by atoms with Gasteiger partial charge in [-0.3, -0.25) is 9.58 Å². The lowest BCUT2D eigenvalue weighted by atomic mass is 10.3. The highest BCUT2D eigenvalue weighted by atomic mass is 32.1. The number of rotatable bonds is 4. The van der Waals surface area contributed by atoms with Gasteiger partial charge in [0.15, 0.2) is 0 Å². The molecule has 6 heteroatoms. The zero-order chi connectivity index (χ0) is 13.1. The van der Waals surface area contributed by atoms with E-state index in [0.717, 1.165) is 43.5 Å². The summed E-state index contributed by atoms with van der Waals surface area (Å²) in [4.78, 5) is 6.95. The van der Waals surface area contributed by atoms with Crippen molar-refractivity contribution in [1.29, 1.82) is 0 Å². The van der Waals surface area contributed by atoms with Gasteiger partial charge >= 0.3 is 0 Å². The van der Waals surface area contributed by atoms with E-state index in [2.05, 4.69) is 20.4 Å². The van der Waals surface area contributed by atoms with Gasteiger partial charge in [-0.1, -0.05) is 0 Å². The number of hydrogen-bond acceptors (Lipinski definition) is 5. The molecule has 0 aromatic carbocycles. The molecule has 0 radical (unpaired) electrons. The van der Waals surface area contributed by atoms with Gasteiger partial charge in [-0.05, 0) is 13.0 Å². The lowest BCUT2D eigenvalue weighted by molar-refractivity contribution is -0.0312. The topological polar surface area (TPSA) is 43.2 Å². The molecule has 1 saturated heterocycles. The maximum Gasteiger partial charge on any atom is 0.123 e. The van der Waals surface area contributed by atoms with Crippen LogP contribution in [0.15, 0.2) is 23.8 Å². The van der Waals surface area contributed by atoms with Crippen LogP contribution in [0.3, 0.4) is 0 Å². The molecule has 0 bridgehead atoms. The van der Waals surface area contributed by atoms with E-state index in [1.165, 1.54) is 0 Å². The van der Waals surface area contributed by atoms with Gasteiger partial charge in [-0.25, -0.2) is 4.98 Å². The molecule has 5 nitrogen and oxygen atoms in total. The van der Waals surface area contributed by atoms with E-state index in [-0.39, 0.29) is 6.10 Å². The predicted octanol–water partition coefficient (Wildman–Crippen LogP) is 1.72. The van der Waals surface area contributed by atoms with Crippen molar-refractivity contribution >= 4 is 11.3 Å². The average Bonchev–Trinajstić information content (AvgIpc) is 3.08. The third kappa shape index (κ3) is 3.20. The highest BCUT2D eigenvalue weighted by Gasteiger charge is 2.23. The van der Waals surface area contributed by atoms with Gasteiger partial charge in [0.25, 0.3) is 0 Å². The van der Waals surface area contributed by atoms with Gasteiger partial charge in [-0.15, -0.1) is 11.3 Å². The van der Waals surface area contributed by atoms with Crippen LogP contribution < -0.4 is 0 Å². The molecule has 0 saturated carbocycles. The first-order chi connectivity index (χ1) is 9.31. The van der Waals surface area contributed by atoms with Crippen molar-refractivity contribution in [3.8, 4) is 0 Å². The summed E-state index contributed by atoms with van der Waals surface area (Å²) in [6.45, 7) is 6.65. The minimum atomic E-state index is 0.130. The smallest absolute Gasteiger partial charge is 0.123 e. The standard InChI is InChI=1S/C13H18N4OS/c1-11-10-19-13(15-11)12-9-16(7-8-18-12)5-6-17-4-2-3-14-17/h2-4,10,12H,5-9H2,1H3/t12-/m1/s1. The number of thiazole rings is 1. The molecular formula is C13H18N4OS. The Kier molecular flexibility index (Phi) is 3.91. The lowest BCUT2D eigenvalue weighted by Crippen LogP contribution is -2.40. The third-order valence-electron chi connectivity index (χ3n) is 3.27. The molecule has 3 heterocycles. The normalized spacial score (nSPS) is 20.8. The Morgan fingerprint density at radius 2 is 2.42 bits per heavy atom. The Morgan fingerprint density at radius 3 is 3.16 bits per heavy atom. The summed E-state index contributed by atoms with van der Waals surface area (Å²) in [6, 6.07) is 1.96. The number of aryl methyl sites for hydroxylation is 1. The summed E-state index contributed by atoms with van der Waals surface area (Å²) in [5.41, 5.74) is 1.08. The molecule has 19 heavy (non-hydrogen) atoms. The van der Waals surface area contributed by atoms with E-state index in [1.807, 2.05) is 30.1 Å². The minimum absolute atomic E-state index is 0.130. The Balaban J connectivity index is 1.56. The lowest BCUT2D eigenvalue weighted by Gasteiger charge is -2.31. The number of hydrogen-bond donors (Lipinski definition) is 0. The molecule has 2 aromatic rings. The van der Waals surface area contributed by atoms with Gasteiger partial charge < -0.3 is 4.74 Å². The van der Waals surface area contributed by atoms with Crippen molar-refractivity contribution in [2.45, 2.75) is 19.6 Å². The van der Waals surface area contributed by atoms with Gasteiger partial charge in [-0.2, -0.15) is 5.10 Å². The van der Waals surface area contributed by atoms with Crippen molar-refractivity contribution in [3.05, 3.63) is 34.5 Å². The molecule has 1 atom stereocenters. The first kappa shape index (κ1) is 12.8. The predicted molar refractivity (Wildman–Crippen MR) is 74.2 cm³/mol. The van der Waals surface area contributed by atoms with Crippen molar-refractivity contribution in [2.75, 3.05) is 26.2 Å². The maximum atomic E-state index is 5.83. The summed E-state index contributed by atoms with van der Waals surface area (Å²) in [5.74, 6) is 0. The number of ether oxygens (including phenoxy) is 1. The highest BCUT2D eigenvalue weighted by molar-refractivity contribution is 7.09. The molecular weight excluding hydrogens is 260 g/mol. The summed E-state index contributed by atoms with van der Waals surface area (Å²) in [6.07, 6.45) is 3.95. The summed E-state index contributed by atoms with van der Waals surface area (Å²) >= 11 is 1.69. The highest BCUT2D eigenvalue weighted by Crippen LogP contribution is 2.25. The van der Waals surface area contributed by atoms with Crippen molar-refractivity contribution in [3.63, 3.8) is 0 Å². The van der Waals surface area contributed by atoms with E-state index in [4.69, 9.17) is 4.74 Å². The van der Waals surface area contributed by atoms with Crippen LogP contribution in [0.4, 0.5) is 0 Å². The molecule has 102 valence electrons. The average molecular weight is 278 g/mol. The van der Waals surface area contributed by atoms with E-state index < -0.39 is 0 Å². The van der Waals surface area contributed by atoms with E-state index in [1.54, 1.807) is 11.3 Å². The molecule has 1 fully saturated rings. The molecule has 0 amide bonds. The molecule has 1 aliphatic heterocycles. The first-order valence-electron chi connectivity index (χ1n) is 6.54. The molecule has 0 spiro atoms. The van der Waals surface area contributed by atoms with Crippen LogP contribution in [0.2, 0.25) is 0 Å². The molecule has 2 aromatic heterocycles. The summed E-state index contributed by atoms with van der Waals surface area (Å²) < 4.78 is 7.80. The fourth-order valence-corrected chi connectivity index (χ4v) is 3.09. The number of aromatic nitrogens is 3. The van der Waals surface area contributed by atoms with Crippen LogP contribution in [-0.2, 0) is 11.3 Å². The van der Waals surface area contributed by atoms with E-state index in [0.29, 0.717) is 0 Å². The van der Waals surface area contributed by atoms with Crippen LogP contribution in [0.5, 0.6) is 0 Å². The summed E-state index contributed by atoms with van der Waals surface area (Å²) in [7, 11) is 0. The van der Waals surface area contributed by atoms with Crippen molar-refractivity contribution in [1.82, 2.24) is 19.7 Å². The Morgan fingerprint density at radius 1 is 1.47 bits per heavy atom. The molecule has 1 aliphatic rings. The van der Waals surface area contributed by atoms with Gasteiger partial charge in [0, 0.05) is 43.1 Å². The van der Waals surface area contributed by atoms with Crippen LogP contribution in [0.1, 0.15) is 16.8 Å². The van der Waals surface area contributed by atoms with Crippen molar-refractivity contribution < 1.29 is 4.74 Å². The van der Waals surface area contributed by atoms with Crippen LogP contribution >= 0.6 is 11.3 Å². The second-order valence-corrected chi connectivity index (χ2v) is 5.65. The second-order valence-electron chi connectivity index (χ2n) is 4.76. The van der Waals surface area contributed by atoms with E-state index >= 15 is 0 Å². The van der Waals surface area contributed by atoms with Crippen LogP contribution in [0.25, 0.3) is 0 Å². The Bertz CT molecular complexity index is 510. The minimum Gasteiger partial charge on any atom is -0.368 e. The zero-order valence-electron chi connectivity index (χ0n) is 11.0. The first-order valence-corrected chi connectivity index (χ1v) is 7.42. The fraction of sp³-hybridized carbons (Fsp3) is 0.538. The quantitative estimate of drug-likeness (QED) is 0.854.